The number of hydrogen-bond donors (Lipinski definition) is 0. The van der Waals surface area contributed by atoms with Crippen molar-refractivity contribution in [1.82, 2.24) is 4.90 Å². The van der Waals surface area contributed by atoms with Gasteiger partial charge < -0.3 is 14.8 Å². The van der Waals surface area contributed by atoms with Crippen LogP contribution in [0.3, 0.4) is 0 Å². The Morgan fingerprint density at radius 3 is 2.41 bits per heavy atom. The number of aliphatic carboxylic acids is 1. The number of carbonyl (C=O) groups is 2. The van der Waals surface area contributed by atoms with Crippen LogP contribution in [0.5, 0.6) is 0 Å². The molecule has 0 aromatic heterocycles. The van der Waals surface area contributed by atoms with E-state index in [4.69, 9.17) is 23.2 Å². The molecule has 0 N–H and O–H groups in total. The predicted octanol–water partition coefficient (Wildman–Crippen LogP) is 3.97. The summed E-state index contributed by atoms with van der Waals surface area (Å²) in [4.78, 5) is 27.3. The fourth-order valence-corrected chi connectivity index (χ4v) is 4.98. The molecular weight excluding hydrogens is 385 g/mol. The third-order valence-electron chi connectivity index (χ3n) is 5.63. The quantitative estimate of drug-likeness (QED) is 0.780. The molecule has 0 unspecified atom stereocenters. The number of carboxylic acid groups (broad SMARTS) is 1. The van der Waals surface area contributed by atoms with Crippen LogP contribution in [-0.4, -0.2) is 22.8 Å². The topological polar surface area (TPSA) is 60.4 Å². The van der Waals surface area contributed by atoms with Gasteiger partial charge in [0.2, 0.25) is 0 Å². The van der Waals surface area contributed by atoms with Crippen LogP contribution in [-0.2, 0) is 4.79 Å². The van der Waals surface area contributed by atoms with Crippen LogP contribution in [0, 0.1) is 0 Å². The molecule has 4 nitrogen and oxygen atoms in total. The molecule has 0 bridgehead atoms. The minimum absolute atomic E-state index is 0.00977. The van der Waals surface area contributed by atoms with E-state index in [1.54, 1.807) is 47.4 Å². The monoisotopic (exact) mass is 402 g/mol. The Bertz CT molecular complexity index is 908. The smallest absolute Gasteiger partial charge is 0.254 e. The van der Waals surface area contributed by atoms with E-state index in [1.165, 1.54) is 0 Å². The summed E-state index contributed by atoms with van der Waals surface area (Å²) in [6.45, 7) is 0. The van der Waals surface area contributed by atoms with Crippen molar-refractivity contribution in [2.24, 2.45) is 0 Å². The molecule has 4 rings (SSSR count). The van der Waals surface area contributed by atoms with Crippen molar-refractivity contribution in [3.63, 3.8) is 0 Å². The molecule has 2 aromatic rings. The maximum absolute atomic E-state index is 13.4. The number of benzene rings is 2. The highest BCUT2D eigenvalue weighted by atomic mass is 35.5. The minimum Gasteiger partial charge on any atom is -0.549 e. The summed E-state index contributed by atoms with van der Waals surface area (Å²) in [5, 5.41) is 13.0. The molecule has 140 valence electrons. The number of carbonyl (C=O) groups excluding carboxylic acids is 2. The summed E-state index contributed by atoms with van der Waals surface area (Å²) in [7, 11) is 0. The zero-order chi connectivity index (χ0) is 19.1. The standard InChI is InChI=1S/C21H19Cl2NO3/c22-12-9-10-16(17(23)11-12)19-18(21(26)27)14-7-3-4-8-15(14)20(25)24(19)13-5-1-2-6-13/h3-4,7-11,13,18-19H,1-2,5-6H2,(H,26,27)/p-1/t18-,19-/m1/s1. The maximum atomic E-state index is 13.4. The summed E-state index contributed by atoms with van der Waals surface area (Å²) in [6, 6.07) is 11.1. The molecule has 1 saturated carbocycles. The molecular formula is C21H18Cl2NO3-. The van der Waals surface area contributed by atoms with Gasteiger partial charge in [-0.15, -0.1) is 0 Å². The molecule has 0 radical (unpaired) electrons. The SMILES string of the molecule is O=C([O-])[C@@H]1c2ccccc2C(=O)N(C2CCCC2)[C@@H]1c1ccc(Cl)cc1Cl. The predicted molar refractivity (Wildman–Crippen MR) is 102 cm³/mol. The molecule has 6 heteroatoms. The molecule has 1 amide bonds. The van der Waals surface area contributed by atoms with Gasteiger partial charge in [0.05, 0.1) is 12.0 Å². The van der Waals surface area contributed by atoms with Crippen LogP contribution < -0.4 is 5.11 Å². The molecule has 2 aliphatic rings. The lowest BCUT2D eigenvalue weighted by molar-refractivity contribution is -0.309. The van der Waals surface area contributed by atoms with E-state index in [2.05, 4.69) is 0 Å². The van der Waals surface area contributed by atoms with Gasteiger partial charge in [-0.25, -0.2) is 0 Å². The van der Waals surface area contributed by atoms with Gasteiger partial charge in [0.15, 0.2) is 0 Å². The van der Waals surface area contributed by atoms with Gasteiger partial charge in [0, 0.05) is 27.6 Å². The average molecular weight is 403 g/mol. The third kappa shape index (κ3) is 3.11. The zero-order valence-electron chi connectivity index (χ0n) is 14.5. The van der Waals surface area contributed by atoms with E-state index in [0.717, 1.165) is 25.7 Å². The Hall–Kier alpha value is -2.04. The Balaban J connectivity index is 1.94. The molecule has 1 aliphatic carbocycles. The highest BCUT2D eigenvalue weighted by Crippen LogP contribution is 2.47. The van der Waals surface area contributed by atoms with Crippen LogP contribution in [0.4, 0.5) is 0 Å². The van der Waals surface area contributed by atoms with Crippen molar-refractivity contribution in [2.45, 2.75) is 43.7 Å². The van der Waals surface area contributed by atoms with Crippen LogP contribution in [0.1, 0.15) is 59.1 Å². The number of nitrogens with zero attached hydrogens (tertiary/aromatic N) is 1. The van der Waals surface area contributed by atoms with Crippen LogP contribution in [0.2, 0.25) is 10.0 Å². The van der Waals surface area contributed by atoms with E-state index in [0.29, 0.717) is 26.7 Å². The largest absolute Gasteiger partial charge is 0.549 e. The van der Waals surface area contributed by atoms with E-state index in [1.807, 2.05) is 0 Å². The van der Waals surface area contributed by atoms with Gasteiger partial charge in [0.25, 0.3) is 5.91 Å². The fourth-order valence-electron chi connectivity index (χ4n) is 4.46. The van der Waals surface area contributed by atoms with Gasteiger partial charge in [-0.1, -0.05) is 60.3 Å². The highest BCUT2D eigenvalue weighted by molar-refractivity contribution is 6.35. The number of halogens is 2. The van der Waals surface area contributed by atoms with Crippen LogP contribution in [0.25, 0.3) is 0 Å². The summed E-state index contributed by atoms with van der Waals surface area (Å²) in [5.41, 5.74) is 1.50. The summed E-state index contributed by atoms with van der Waals surface area (Å²) < 4.78 is 0. The van der Waals surface area contributed by atoms with Gasteiger partial charge in [0.1, 0.15) is 0 Å². The number of amides is 1. The Labute approximate surface area is 167 Å². The van der Waals surface area contributed by atoms with Crippen molar-refractivity contribution >= 4 is 35.1 Å². The number of fused-ring (bicyclic) bond motifs is 1. The number of hydrogen-bond acceptors (Lipinski definition) is 3. The van der Waals surface area contributed by atoms with Crippen molar-refractivity contribution in [2.75, 3.05) is 0 Å². The lowest BCUT2D eigenvalue weighted by Crippen LogP contribution is -2.51. The summed E-state index contributed by atoms with van der Waals surface area (Å²) >= 11 is 12.5. The molecule has 1 fully saturated rings. The van der Waals surface area contributed by atoms with E-state index in [-0.39, 0.29) is 11.9 Å². The second-order valence-electron chi connectivity index (χ2n) is 7.15. The minimum atomic E-state index is -1.21. The molecule has 2 atom stereocenters. The van der Waals surface area contributed by atoms with Crippen LogP contribution >= 0.6 is 23.2 Å². The summed E-state index contributed by atoms with van der Waals surface area (Å²) in [5.74, 6) is -2.35. The lowest BCUT2D eigenvalue weighted by Gasteiger charge is -2.46. The first-order valence-corrected chi connectivity index (χ1v) is 9.82. The Kier molecular flexibility index (Phi) is 4.87. The molecule has 27 heavy (non-hydrogen) atoms. The average Bonchev–Trinajstić information content (AvgIpc) is 3.15. The van der Waals surface area contributed by atoms with Gasteiger partial charge >= 0.3 is 0 Å². The molecule has 0 saturated heterocycles. The zero-order valence-corrected chi connectivity index (χ0v) is 16.0. The normalized spacial score (nSPS) is 22.7. The van der Waals surface area contributed by atoms with E-state index in [9.17, 15) is 14.7 Å². The van der Waals surface area contributed by atoms with Crippen molar-refractivity contribution in [3.8, 4) is 0 Å². The summed E-state index contributed by atoms with van der Waals surface area (Å²) in [6.07, 6.45) is 3.76. The first kappa shape index (κ1) is 18.3. The number of carboxylic acids is 1. The first-order chi connectivity index (χ1) is 13.0. The second kappa shape index (κ2) is 7.17. The van der Waals surface area contributed by atoms with Gasteiger partial charge in [-0.2, -0.15) is 0 Å². The molecule has 1 heterocycles. The molecule has 2 aromatic carbocycles. The van der Waals surface area contributed by atoms with Crippen molar-refractivity contribution < 1.29 is 14.7 Å². The lowest BCUT2D eigenvalue weighted by atomic mass is 9.79. The van der Waals surface area contributed by atoms with Crippen molar-refractivity contribution in [3.05, 3.63) is 69.2 Å². The fraction of sp³-hybridized carbons (Fsp3) is 0.333. The Morgan fingerprint density at radius 1 is 1.04 bits per heavy atom. The highest BCUT2D eigenvalue weighted by Gasteiger charge is 2.45. The molecule has 0 spiro atoms. The van der Waals surface area contributed by atoms with E-state index < -0.39 is 17.9 Å². The maximum Gasteiger partial charge on any atom is 0.254 e. The van der Waals surface area contributed by atoms with Gasteiger partial charge in [-0.05, 0) is 42.2 Å². The van der Waals surface area contributed by atoms with Crippen molar-refractivity contribution in [1.29, 1.82) is 0 Å². The number of rotatable bonds is 3. The second-order valence-corrected chi connectivity index (χ2v) is 7.99. The Morgan fingerprint density at radius 2 is 1.74 bits per heavy atom. The van der Waals surface area contributed by atoms with E-state index >= 15 is 0 Å². The third-order valence-corrected chi connectivity index (χ3v) is 6.19. The first-order valence-electron chi connectivity index (χ1n) is 9.06. The van der Waals surface area contributed by atoms with Crippen LogP contribution in [0.15, 0.2) is 42.5 Å². The molecule has 1 aliphatic heterocycles. The van der Waals surface area contributed by atoms with Gasteiger partial charge in [-0.3, -0.25) is 4.79 Å².